The van der Waals surface area contributed by atoms with E-state index in [1.165, 1.54) is 4.31 Å². The van der Waals surface area contributed by atoms with Gasteiger partial charge in [-0.3, -0.25) is 4.40 Å². The fourth-order valence-corrected chi connectivity index (χ4v) is 4.34. The summed E-state index contributed by atoms with van der Waals surface area (Å²) in [6.07, 6.45) is 5.28. The summed E-state index contributed by atoms with van der Waals surface area (Å²) in [5.41, 5.74) is 2.27. The zero-order chi connectivity index (χ0) is 16.4. The summed E-state index contributed by atoms with van der Waals surface area (Å²) >= 11 is 0. The summed E-state index contributed by atoms with van der Waals surface area (Å²) in [6, 6.07) is 2.08. The van der Waals surface area contributed by atoms with Gasteiger partial charge in [0, 0.05) is 37.7 Å². The molecule has 124 valence electrons. The van der Waals surface area contributed by atoms with Gasteiger partial charge in [-0.1, -0.05) is 0 Å². The van der Waals surface area contributed by atoms with Crippen molar-refractivity contribution in [1.29, 1.82) is 0 Å². The van der Waals surface area contributed by atoms with Crippen LogP contribution in [-0.4, -0.2) is 53.3 Å². The number of aromatic nitrogens is 3. The van der Waals surface area contributed by atoms with Crippen molar-refractivity contribution in [3.05, 3.63) is 24.4 Å². The van der Waals surface area contributed by atoms with Gasteiger partial charge in [-0.25, -0.2) is 15.1 Å². The highest BCUT2D eigenvalue weighted by Gasteiger charge is 2.54. The molecule has 0 unspecified atom stereocenters. The second-order valence-corrected chi connectivity index (χ2v) is 8.45. The number of nitrogens with zero attached hydrogens (tertiary/aromatic N) is 5. The molecule has 0 radical (unpaired) electrons. The number of hydrogen-bond donors (Lipinski definition) is 1. The van der Waals surface area contributed by atoms with E-state index in [0.717, 1.165) is 43.0 Å². The van der Waals surface area contributed by atoms with Crippen molar-refractivity contribution in [3.63, 3.8) is 0 Å². The first-order valence-electron chi connectivity index (χ1n) is 7.57. The van der Waals surface area contributed by atoms with Crippen LogP contribution in [0.4, 0.5) is 5.82 Å². The van der Waals surface area contributed by atoms with Crippen molar-refractivity contribution >= 4 is 21.5 Å². The highest BCUT2D eigenvalue weighted by atomic mass is 32.2. The SMILES string of the molecule is Cc1ncn2cnc(N3CC4(CC(N(C)S(N)(=O)=O)C4)C3)cc12. The number of rotatable bonds is 3. The summed E-state index contributed by atoms with van der Waals surface area (Å²) in [5.74, 6) is 0.954. The first kappa shape index (κ1) is 14.9. The first-order valence-corrected chi connectivity index (χ1v) is 9.08. The molecule has 1 saturated carbocycles. The number of nitrogens with two attached hydrogens (primary N) is 1. The predicted octanol–water partition coefficient (Wildman–Crippen LogP) is 0.142. The lowest BCUT2D eigenvalue weighted by molar-refractivity contribution is 0.0206. The van der Waals surface area contributed by atoms with Crippen molar-refractivity contribution in [1.82, 2.24) is 18.7 Å². The Morgan fingerprint density at radius 3 is 2.61 bits per heavy atom. The molecule has 1 aliphatic heterocycles. The molecular weight excluding hydrogens is 316 g/mol. The first-order chi connectivity index (χ1) is 10.8. The molecule has 0 aromatic carbocycles. The van der Waals surface area contributed by atoms with Crippen LogP contribution in [0.15, 0.2) is 18.7 Å². The van der Waals surface area contributed by atoms with Crippen molar-refractivity contribution < 1.29 is 8.42 Å². The van der Waals surface area contributed by atoms with Gasteiger partial charge in [0.2, 0.25) is 0 Å². The number of anilines is 1. The van der Waals surface area contributed by atoms with Crippen molar-refractivity contribution in [2.75, 3.05) is 25.0 Å². The number of aryl methyl sites for hydroxylation is 1. The summed E-state index contributed by atoms with van der Waals surface area (Å²) in [6.45, 7) is 3.81. The zero-order valence-electron chi connectivity index (χ0n) is 13.2. The van der Waals surface area contributed by atoms with Gasteiger partial charge in [-0.05, 0) is 19.8 Å². The van der Waals surface area contributed by atoms with Crippen molar-refractivity contribution in [3.8, 4) is 0 Å². The van der Waals surface area contributed by atoms with E-state index in [0.29, 0.717) is 0 Å². The molecule has 1 spiro atoms. The molecule has 4 rings (SSSR count). The summed E-state index contributed by atoms with van der Waals surface area (Å²) in [4.78, 5) is 11.0. The van der Waals surface area contributed by atoms with Crippen LogP contribution in [0, 0.1) is 12.3 Å². The standard InChI is InChI=1S/C14H20N6O2S/c1-10-12-3-13(17-9-20(12)8-16-10)19-6-14(7-19)4-11(5-14)18(2)23(15,21)22/h3,8-9,11H,4-7H2,1-2H3,(H2,15,21,22). The molecule has 1 saturated heterocycles. The van der Waals surface area contributed by atoms with Crippen LogP contribution in [0.2, 0.25) is 0 Å². The molecular formula is C14H20N6O2S. The molecule has 8 nitrogen and oxygen atoms in total. The maximum absolute atomic E-state index is 11.4. The van der Waals surface area contributed by atoms with Gasteiger partial charge >= 0.3 is 0 Å². The number of imidazole rings is 1. The Morgan fingerprint density at radius 1 is 1.30 bits per heavy atom. The van der Waals surface area contributed by atoms with E-state index in [1.54, 1.807) is 19.7 Å². The van der Waals surface area contributed by atoms with Crippen LogP contribution in [0.1, 0.15) is 18.5 Å². The van der Waals surface area contributed by atoms with Gasteiger partial charge in [0.25, 0.3) is 10.2 Å². The Balaban J connectivity index is 1.43. The van der Waals surface area contributed by atoms with E-state index in [9.17, 15) is 8.42 Å². The summed E-state index contributed by atoms with van der Waals surface area (Å²) in [5, 5.41) is 5.18. The van der Waals surface area contributed by atoms with Gasteiger partial charge < -0.3 is 4.90 Å². The normalized spacial score (nSPS) is 21.0. The molecule has 2 aliphatic rings. The van der Waals surface area contributed by atoms with E-state index in [-0.39, 0.29) is 11.5 Å². The predicted molar refractivity (Wildman–Crippen MR) is 86.3 cm³/mol. The second kappa shape index (κ2) is 4.65. The maximum atomic E-state index is 11.4. The minimum Gasteiger partial charge on any atom is -0.355 e. The van der Waals surface area contributed by atoms with E-state index in [4.69, 9.17) is 5.14 Å². The average Bonchev–Trinajstić information content (AvgIpc) is 2.76. The number of fused-ring (bicyclic) bond motifs is 1. The lowest BCUT2D eigenvalue weighted by atomic mass is 9.60. The third kappa shape index (κ3) is 2.30. The highest BCUT2D eigenvalue weighted by Crippen LogP contribution is 2.51. The fraction of sp³-hybridized carbons (Fsp3) is 0.571. The van der Waals surface area contributed by atoms with Crippen molar-refractivity contribution in [2.24, 2.45) is 10.6 Å². The molecule has 0 atom stereocenters. The Morgan fingerprint density at radius 2 is 1.96 bits per heavy atom. The highest BCUT2D eigenvalue weighted by molar-refractivity contribution is 7.86. The van der Waals surface area contributed by atoms with Crippen LogP contribution in [0.25, 0.3) is 5.52 Å². The Labute approximate surface area is 135 Å². The van der Waals surface area contributed by atoms with Gasteiger partial charge in [0.05, 0.1) is 11.2 Å². The molecule has 2 N–H and O–H groups in total. The third-order valence-corrected chi connectivity index (χ3v) is 6.34. The zero-order valence-corrected chi connectivity index (χ0v) is 14.0. The molecule has 1 aliphatic carbocycles. The van der Waals surface area contributed by atoms with Crippen LogP contribution in [0.5, 0.6) is 0 Å². The van der Waals surface area contributed by atoms with Crippen LogP contribution < -0.4 is 10.0 Å². The molecule has 9 heteroatoms. The van der Waals surface area contributed by atoms with E-state index in [2.05, 4.69) is 20.9 Å². The van der Waals surface area contributed by atoms with Gasteiger partial charge in [0.15, 0.2) is 0 Å². The monoisotopic (exact) mass is 336 g/mol. The Bertz CT molecular complexity index is 863. The van der Waals surface area contributed by atoms with Gasteiger partial charge in [-0.2, -0.15) is 12.7 Å². The molecule has 3 heterocycles. The molecule has 23 heavy (non-hydrogen) atoms. The van der Waals surface area contributed by atoms with Crippen LogP contribution >= 0.6 is 0 Å². The maximum Gasteiger partial charge on any atom is 0.276 e. The van der Waals surface area contributed by atoms with Gasteiger partial charge in [-0.15, -0.1) is 0 Å². The van der Waals surface area contributed by atoms with Crippen molar-refractivity contribution in [2.45, 2.75) is 25.8 Å². The molecule has 0 bridgehead atoms. The Hall–Kier alpha value is -1.71. The van der Waals surface area contributed by atoms with E-state index < -0.39 is 10.2 Å². The summed E-state index contributed by atoms with van der Waals surface area (Å²) < 4.78 is 26.0. The smallest absolute Gasteiger partial charge is 0.276 e. The minimum absolute atomic E-state index is 0.0275. The third-order valence-electron chi connectivity index (χ3n) is 5.23. The van der Waals surface area contributed by atoms with Crippen LogP contribution in [0.3, 0.4) is 0 Å². The quantitative estimate of drug-likeness (QED) is 0.860. The van der Waals surface area contributed by atoms with E-state index >= 15 is 0 Å². The molecule has 2 fully saturated rings. The lowest BCUT2D eigenvalue weighted by Crippen LogP contribution is -2.67. The largest absolute Gasteiger partial charge is 0.355 e. The number of hydrogen-bond acceptors (Lipinski definition) is 5. The minimum atomic E-state index is -3.59. The Kier molecular flexibility index (Phi) is 3.00. The van der Waals surface area contributed by atoms with E-state index in [1.807, 2.05) is 11.3 Å². The molecule has 2 aromatic rings. The average molecular weight is 336 g/mol. The topological polar surface area (TPSA) is 96.8 Å². The van der Waals surface area contributed by atoms with Crippen LogP contribution in [-0.2, 0) is 10.2 Å². The fourth-order valence-electron chi connectivity index (χ4n) is 3.78. The molecule has 2 aromatic heterocycles. The molecule has 0 amide bonds. The van der Waals surface area contributed by atoms with Gasteiger partial charge in [0.1, 0.15) is 18.5 Å². The summed E-state index contributed by atoms with van der Waals surface area (Å²) in [7, 11) is -2.03. The second-order valence-electron chi connectivity index (χ2n) is 6.85. The lowest BCUT2D eigenvalue weighted by Gasteiger charge is -2.60.